The molecule has 0 radical (unpaired) electrons. The first kappa shape index (κ1) is 21.1. The minimum absolute atomic E-state index is 0.370. The van der Waals surface area contributed by atoms with E-state index in [1.807, 2.05) is 6.82 Å². The predicted octanol–water partition coefficient (Wildman–Crippen LogP) is 4.00. The molecule has 156 valence electrons. The Kier molecular flexibility index (Phi) is 6.58. The van der Waals surface area contributed by atoms with E-state index in [2.05, 4.69) is 76.4 Å². The Morgan fingerprint density at radius 1 is 0.933 bits per heavy atom. The zero-order chi connectivity index (χ0) is 21.0. The molecule has 0 aromatic heterocycles. The highest BCUT2D eigenvalue weighted by atomic mass is 16.2. The molecule has 5 heteroatoms. The third-order valence-corrected chi connectivity index (χ3v) is 7.30. The zero-order valence-electron chi connectivity index (χ0n) is 18.0. The average molecular weight is 401 g/mol. The largest absolute Gasteiger partial charge is 0.437 e. The molecule has 0 spiro atoms. The standard InChI is InChI=1S/C25H32BN3O/c1-26(30)29-18-14-25(20-27,15-19-29)28-16-12-23(13-17-28)24(21-8-4-2-5-9-21)22-10-6-3-7-11-22/h2-11,23-24,30H,12-19H2,1H3. The van der Waals surface area contributed by atoms with E-state index >= 15 is 0 Å². The van der Waals surface area contributed by atoms with E-state index in [0.29, 0.717) is 11.8 Å². The Labute approximate surface area is 181 Å². The van der Waals surface area contributed by atoms with Gasteiger partial charge in [0.15, 0.2) is 0 Å². The number of likely N-dealkylation sites (tertiary alicyclic amines) is 1. The monoisotopic (exact) mass is 401 g/mol. The second kappa shape index (κ2) is 9.35. The molecular weight excluding hydrogens is 369 g/mol. The molecule has 30 heavy (non-hydrogen) atoms. The van der Waals surface area contributed by atoms with Crippen molar-refractivity contribution in [3.63, 3.8) is 0 Å². The van der Waals surface area contributed by atoms with Crippen molar-refractivity contribution in [2.24, 2.45) is 5.92 Å². The number of rotatable bonds is 5. The fraction of sp³-hybridized carbons (Fsp3) is 0.480. The fourth-order valence-corrected chi connectivity index (χ4v) is 5.48. The molecule has 0 atom stereocenters. The summed E-state index contributed by atoms with van der Waals surface area (Å²) in [7, 11) is -0.426. The molecule has 1 N–H and O–H groups in total. The van der Waals surface area contributed by atoms with E-state index in [-0.39, 0.29) is 5.54 Å². The molecule has 0 aliphatic carbocycles. The van der Waals surface area contributed by atoms with Gasteiger partial charge in [-0.05, 0) is 75.7 Å². The molecule has 2 fully saturated rings. The van der Waals surface area contributed by atoms with Gasteiger partial charge in [-0.15, -0.1) is 0 Å². The van der Waals surface area contributed by atoms with Crippen LogP contribution in [-0.4, -0.2) is 53.5 Å². The van der Waals surface area contributed by atoms with E-state index in [4.69, 9.17) is 0 Å². The normalized spacial score (nSPS) is 20.7. The Morgan fingerprint density at radius 3 is 1.87 bits per heavy atom. The van der Waals surface area contributed by atoms with Crippen molar-refractivity contribution in [3.8, 4) is 6.07 Å². The van der Waals surface area contributed by atoms with Crippen LogP contribution in [0.4, 0.5) is 0 Å². The molecule has 2 aromatic carbocycles. The second-order valence-corrected chi connectivity index (χ2v) is 8.93. The van der Waals surface area contributed by atoms with Crippen molar-refractivity contribution in [3.05, 3.63) is 71.8 Å². The van der Waals surface area contributed by atoms with Gasteiger partial charge in [0.25, 0.3) is 0 Å². The van der Waals surface area contributed by atoms with Crippen LogP contribution in [0.15, 0.2) is 60.7 Å². The van der Waals surface area contributed by atoms with Crippen molar-refractivity contribution in [1.29, 1.82) is 5.26 Å². The Hall–Kier alpha value is -2.13. The molecule has 4 rings (SSSR count). The topological polar surface area (TPSA) is 50.5 Å². The van der Waals surface area contributed by atoms with E-state index in [9.17, 15) is 10.3 Å². The third-order valence-electron chi connectivity index (χ3n) is 7.30. The third kappa shape index (κ3) is 4.32. The number of benzene rings is 2. The molecule has 0 saturated carbocycles. The van der Waals surface area contributed by atoms with Crippen molar-refractivity contribution >= 4 is 7.05 Å². The molecule has 2 heterocycles. The van der Waals surface area contributed by atoms with E-state index < -0.39 is 7.05 Å². The maximum Gasteiger partial charge on any atom is 0.376 e. The number of piperidine rings is 2. The minimum Gasteiger partial charge on any atom is -0.437 e. The molecule has 2 aromatic rings. The van der Waals surface area contributed by atoms with Crippen LogP contribution >= 0.6 is 0 Å². The van der Waals surface area contributed by atoms with Gasteiger partial charge in [-0.2, -0.15) is 5.26 Å². The van der Waals surface area contributed by atoms with Crippen molar-refractivity contribution in [2.75, 3.05) is 26.2 Å². The lowest BCUT2D eigenvalue weighted by Gasteiger charge is -2.48. The molecule has 0 unspecified atom stereocenters. The molecule has 4 nitrogen and oxygen atoms in total. The number of hydrogen-bond acceptors (Lipinski definition) is 4. The van der Waals surface area contributed by atoms with Crippen LogP contribution in [0.3, 0.4) is 0 Å². The van der Waals surface area contributed by atoms with Crippen molar-refractivity contribution < 1.29 is 5.02 Å². The highest BCUT2D eigenvalue weighted by molar-refractivity contribution is 6.45. The lowest BCUT2D eigenvalue weighted by molar-refractivity contribution is 0.0459. The average Bonchev–Trinajstić information content (AvgIpc) is 2.81. The summed E-state index contributed by atoms with van der Waals surface area (Å²) in [6.45, 7) is 5.36. The van der Waals surface area contributed by atoms with Crippen LogP contribution < -0.4 is 0 Å². The molecule has 0 amide bonds. The van der Waals surface area contributed by atoms with Crippen LogP contribution in [0.2, 0.25) is 6.82 Å². The Bertz CT molecular complexity index is 796. The van der Waals surface area contributed by atoms with E-state index in [1.165, 1.54) is 11.1 Å². The maximum atomic E-state index is 10.1. The highest BCUT2D eigenvalue weighted by Gasteiger charge is 2.43. The summed E-state index contributed by atoms with van der Waals surface area (Å²) >= 11 is 0. The first-order valence-corrected chi connectivity index (χ1v) is 11.3. The Morgan fingerprint density at radius 2 is 1.43 bits per heavy atom. The van der Waals surface area contributed by atoms with Gasteiger partial charge in [0, 0.05) is 5.92 Å². The predicted molar refractivity (Wildman–Crippen MR) is 122 cm³/mol. The SMILES string of the molecule is CB(O)N1CCC(C#N)(N2CCC(C(c3ccccc3)c3ccccc3)CC2)CC1. The fourth-order valence-electron chi connectivity index (χ4n) is 5.48. The van der Waals surface area contributed by atoms with E-state index in [0.717, 1.165) is 51.9 Å². The summed E-state index contributed by atoms with van der Waals surface area (Å²) in [5.74, 6) is 0.990. The lowest BCUT2D eigenvalue weighted by Crippen LogP contribution is -2.58. The lowest BCUT2D eigenvalue weighted by atomic mass is 9.74. The highest BCUT2D eigenvalue weighted by Crippen LogP contribution is 2.40. The van der Waals surface area contributed by atoms with Crippen LogP contribution in [0.25, 0.3) is 0 Å². The van der Waals surface area contributed by atoms with Crippen molar-refractivity contribution in [1.82, 2.24) is 9.71 Å². The van der Waals surface area contributed by atoms with Gasteiger partial charge >= 0.3 is 7.05 Å². The van der Waals surface area contributed by atoms with Gasteiger partial charge in [0.2, 0.25) is 0 Å². The van der Waals surface area contributed by atoms with Crippen molar-refractivity contribution in [2.45, 2.75) is 44.0 Å². The van der Waals surface area contributed by atoms with Gasteiger partial charge in [0.05, 0.1) is 6.07 Å². The molecule has 0 bridgehead atoms. The number of hydrogen-bond donors (Lipinski definition) is 1. The van der Waals surface area contributed by atoms with Gasteiger partial charge in [-0.3, -0.25) is 4.90 Å². The zero-order valence-corrected chi connectivity index (χ0v) is 18.0. The van der Waals surface area contributed by atoms with Crippen LogP contribution in [0, 0.1) is 17.2 Å². The van der Waals surface area contributed by atoms with Gasteiger partial charge in [-0.1, -0.05) is 60.7 Å². The summed E-state index contributed by atoms with van der Waals surface area (Å²) in [5, 5.41) is 19.9. The summed E-state index contributed by atoms with van der Waals surface area (Å²) in [6.07, 6.45) is 3.86. The minimum atomic E-state index is -0.426. The first-order chi connectivity index (χ1) is 14.6. The van der Waals surface area contributed by atoms with Gasteiger partial charge in [0.1, 0.15) is 5.54 Å². The summed E-state index contributed by atoms with van der Waals surface area (Å²) in [6, 6.07) is 24.4. The summed E-state index contributed by atoms with van der Waals surface area (Å²) in [4.78, 5) is 4.51. The summed E-state index contributed by atoms with van der Waals surface area (Å²) < 4.78 is 0. The van der Waals surface area contributed by atoms with Crippen LogP contribution in [0.5, 0.6) is 0 Å². The molecule has 2 aliphatic heterocycles. The van der Waals surface area contributed by atoms with Crippen LogP contribution in [-0.2, 0) is 0 Å². The molecule has 2 saturated heterocycles. The second-order valence-electron chi connectivity index (χ2n) is 8.93. The number of nitriles is 1. The molecular formula is C25H32BN3O. The summed E-state index contributed by atoms with van der Waals surface area (Å²) in [5.41, 5.74) is 2.41. The quantitative estimate of drug-likeness (QED) is 0.770. The van der Waals surface area contributed by atoms with E-state index in [1.54, 1.807) is 0 Å². The molecule has 2 aliphatic rings. The van der Waals surface area contributed by atoms with Gasteiger partial charge < -0.3 is 9.83 Å². The number of nitrogens with zero attached hydrogens (tertiary/aromatic N) is 3. The maximum absolute atomic E-state index is 10.1. The van der Waals surface area contributed by atoms with Gasteiger partial charge in [-0.25, -0.2) is 0 Å². The smallest absolute Gasteiger partial charge is 0.376 e. The first-order valence-electron chi connectivity index (χ1n) is 11.3. The van der Waals surface area contributed by atoms with Crippen LogP contribution in [0.1, 0.15) is 42.7 Å². The Balaban J connectivity index is 1.48.